The summed E-state index contributed by atoms with van der Waals surface area (Å²) in [6, 6.07) is 1.23. The Hall–Kier alpha value is -1.62. The zero-order valence-corrected chi connectivity index (χ0v) is 8.61. The molecule has 2 rings (SSSR count). The zero-order chi connectivity index (χ0) is 11.0. The first kappa shape index (κ1) is 9.92. The maximum atomic E-state index is 9.65. The SMILES string of the molecule is COc1cc(O)c(OC)c2c1C(N)CO2. The quantitative estimate of drug-likeness (QED) is 0.757. The van der Waals surface area contributed by atoms with Gasteiger partial charge in [-0.25, -0.2) is 0 Å². The minimum absolute atomic E-state index is 0.0119. The summed E-state index contributed by atoms with van der Waals surface area (Å²) in [7, 11) is 2.99. The molecular weight excluding hydrogens is 198 g/mol. The molecule has 1 aromatic carbocycles. The molecule has 1 aliphatic rings. The number of hydrogen-bond donors (Lipinski definition) is 2. The van der Waals surface area contributed by atoms with Crippen molar-refractivity contribution in [2.75, 3.05) is 20.8 Å². The highest BCUT2D eigenvalue weighted by Gasteiger charge is 2.30. The van der Waals surface area contributed by atoms with Crippen molar-refractivity contribution < 1.29 is 19.3 Å². The van der Waals surface area contributed by atoms with Crippen molar-refractivity contribution in [1.82, 2.24) is 0 Å². The van der Waals surface area contributed by atoms with Crippen molar-refractivity contribution in [3.05, 3.63) is 11.6 Å². The topological polar surface area (TPSA) is 73.9 Å². The summed E-state index contributed by atoms with van der Waals surface area (Å²) in [5.74, 6) is 1.29. The smallest absolute Gasteiger partial charge is 0.203 e. The third kappa shape index (κ3) is 1.35. The second kappa shape index (κ2) is 3.51. The van der Waals surface area contributed by atoms with Crippen LogP contribution in [0.25, 0.3) is 0 Å². The van der Waals surface area contributed by atoms with Gasteiger partial charge < -0.3 is 25.1 Å². The molecule has 5 heteroatoms. The molecule has 0 saturated heterocycles. The van der Waals surface area contributed by atoms with E-state index in [1.807, 2.05) is 0 Å². The fraction of sp³-hybridized carbons (Fsp3) is 0.400. The summed E-state index contributed by atoms with van der Waals surface area (Å²) >= 11 is 0. The van der Waals surface area contributed by atoms with Gasteiger partial charge in [0.2, 0.25) is 5.75 Å². The Labute approximate surface area is 87.4 Å². The van der Waals surface area contributed by atoms with Crippen LogP contribution in [0.5, 0.6) is 23.0 Å². The van der Waals surface area contributed by atoms with Crippen molar-refractivity contribution in [2.45, 2.75) is 6.04 Å². The highest BCUT2D eigenvalue weighted by atomic mass is 16.5. The normalized spacial score (nSPS) is 18.2. The van der Waals surface area contributed by atoms with E-state index in [0.717, 1.165) is 5.56 Å². The molecule has 1 aromatic rings. The molecule has 0 radical (unpaired) electrons. The van der Waals surface area contributed by atoms with E-state index < -0.39 is 0 Å². The van der Waals surface area contributed by atoms with E-state index in [-0.39, 0.29) is 11.8 Å². The van der Waals surface area contributed by atoms with Crippen molar-refractivity contribution in [3.63, 3.8) is 0 Å². The maximum absolute atomic E-state index is 9.65. The van der Waals surface area contributed by atoms with Gasteiger partial charge >= 0.3 is 0 Å². The molecule has 0 aromatic heterocycles. The lowest BCUT2D eigenvalue weighted by molar-refractivity contribution is 0.302. The number of aromatic hydroxyl groups is 1. The minimum atomic E-state index is -0.246. The van der Waals surface area contributed by atoms with Crippen LogP contribution in [-0.2, 0) is 0 Å². The Balaban J connectivity index is 2.65. The van der Waals surface area contributed by atoms with Crippen molar-refractivity contribution in [1.29, 1.82) is 0 Å². The Morgan fingerprint density at radius 2 is 2.20 bits per heavy atom. The fourth-order valence-electron chi connectivity index (χ4n) is 1.74. The van der Waals surface area contributed by atoms with Crippen LogP contribution in [0.3, 0.4) is 0 Å². The largest absolute Gasteiger partial charge is 0.504 e. The number of benzene rings is 1. The summed E-state index contributed by atoms with van der Waals surface area (Å²) in [6.07, 6.45) is 0. The summed E-state index contributed by atoms with van der Waals surface area (Å²) in [5.41, 5.74) is 6.60. The van der Waals surface area contributed by atoms with Crippen LogP contribution in [0.1, 0.15) is 11.6 Å². The molecule has 1 unspecified atom stereocenters. The van der Waals surface area contributed by atoms with Gasteiger partial charge in [-0.05, 0) is 0 Å². The van der Waals surface area contributed by atoms with E-state index in [1.54, 1.807) is 0 Å². The number of hydrogen-bond acceptors (Lipinski definition) is 5. The van der Waals surface area contributed by atoms with Gasteiger partial charge in [-0.2, -0.15) is 0 Å². The second-order valence-corrected chi connectivity index (χ2v) is 3.29. The molecule has 0 aliphatic carbocycles. The van der Waals surface area contributed by atoms with E-state index >= 15 is 0 Å². The lowest BCUT2D eigenvalue weighted by atomic mass is 10.1. The molecular formula is C10H13NO4. The van der Waals surface area contributed by atoms with Gasteiger partial charge in [0, 0.05) is 6.07 Å². The predicted octanol–water partition coefficient (Wildman–Crippen LogP) is 0.802. The monoisotopic (exact) mass is 211 g/mol. The van der Waals surface area contributed by atoms with Gasteiger partial charge in [0.15, 0.2) is 11.5 Å². The summed E-state index contributed by atoms with van der Waals surface area (Å²) < 4.78 is 15.5. The van der Waals surface area contributed by atoms with Crippen molar-refractivity contribution >= 4 is 0 Å². The number of ether oxygens (including phenoxy) is 3. The van der Waals surface area contributed by atoms with Gasteiger partial charge in [-0.3, -0.25) is 0 Å². The Morgan fingerprint density at radius 1 is 1.47 bits per heavy atom. The number of rotatable bonds is 2. The first-order chi connectivity index (χ1) is 7.19. The van der Waals surface area contributed by atoms with Gasteiger partial charge in [0.1, 0.15) is 12.4 Å². The Kier molecular flexibility index (Phi) is 2.32. The van der Waals surface area contributed by atoms with E-state index in [9.17, 15) is 5.11 Å². The van der Waals surface area contributed by atoms with E-state index in [4.69, 9.17) is 19.9 Å². The Bertz CT molecular complexity index is 391. The van der Waals surface area contributed by atoms with Crippen LogP contribution in [0.15, 0.2) is 6.07 Å². The molecule has 1 heterocycles. The fourth-order valence-corrected chi connectivity index (χ4v) is 1.74. The van der Waals surface area contributed by atoms with Gasteiger partial charge in [-0.1, -0.05) is 0 Å². The minimum Gasteiger partial charge on any atom is -0.504 e. The van der Waals surface area contributed by atoms with Gasteiger partial charge in [-0.15, -0.1) is 0 Å². The second-order valence-electron chi connectivity index (χ2n) is 3.29. The number of fused-ring (bicyclic) bond motifs is 1. The van der Waals surface area contributed by atoms with Crippen LogP contribution in [0, 0.1) is 0 Å². The van der Waals surface area contributed by atoms with Gasteiger partial charge in [0.25, 0.3) is 0 Å². The lowest BCUT2D eigenvalue weighted by Gasteiger charge is -2.12. The molecule has 1 aliphatic heterocycles. The number of nitrogens with two attached hydrogens (primary N) is 1. The zero-order valence-electron chi connectivity index (χ0n) is 8.61. The molecule has 82 valence electrons. The highest BCUT2D eigenvalue weighted by molar-refractivity contribution is 5.63. The van der Waals surface area contributed by atoms with Gasteiger partial charge in [0.05, 0.1) is 25.8 Å². The first-order valence-electron chi connectivity index (χ1n) is 4.55. The molecule has 15 heavy (non-hydrogen) atoms. The molecule has 0 bridgehead atoms. The Morgan fingerprint density at radius 3 is 2.80 bits per heavy atom. The molecule has 5 nitrogen and oxygen atoms in total. The number of phenolic OH excluding ortho intramolecular Hbond substituents is 1. The molecule has 0 spiro atoms. The third-order valence-corrected chi connectivity index (χ3v) is 2.42. The van der Waals surface area contributed by atoms with Crippen molar-refractivity contribution in [3.8, 4) is 23.0 Å². The van der Waals surface area contributed by atoms with E-state index in [1.165, 1.54) is 20.3 Å². The standard InChI is InChI=1S/C10H13NO4/c1-13-7-3-6(12)9(14-2)10-8(7)5(11)4-15-10/h3,5,12H,4,11H2,1-2H3. The molecule has 0 amide bonds. The van der Waals surface area contributed by atoms with Crippen molar-refractivity contribution in [2.24, 2.45) is 5.73 Å². The van der Waals surface area contributed by atoms with Crippen LogP contribution in [-0.4, -0.2) is 25.9 Å². The van der Waals surface area contributed by atoms with E-state index in [2.05, 4.69) is 0 Å². The third-order valence-electron chi connectivity index (χ3n) is 2.42. The summed E-state index contributed by atoms with van der Waals surface area (Å²) in [5, 5.41) is 9.65. The number of methoxy groups -OCH3 is 2. The number of phenols is 1. The lowest BCUT2D eigenvalue weighted by Crippen LogP contribution is -2.11. The first-order valence-corrected chi connectivity index (χ1v) is 4.55. The average Bonchev–Trinajstić information content (AvgIpc) is 2.60. The predicted molar refractivity (Wildman–Crippen MR) is 53.6 cm³/mol. The van der Waals surface area contributed by atoms with Crippen LogP contribution in [0.2, 0.25) is 0 Å². The molecule has 1 atom stereocenters. The summed E-state index contributed by atoms with van der Waals surface area (Å²) in [6.45, 7) is 0.367. The van der Waals surface area contributed by atoms with E-state index in [0.29, 0.717) is 23.9 Å². The molecule has 3 N–H and O–H groups in total. The maximum Gasteiger partial charge on any atom is 0.203 e. The highest BCUT2D eigenvalue weighted by Crippen LogP contribution is 2.49. The summed E-state index contributed by atoms with van der Waals surface area (Å²) in [4.78, 5) is 0. The molecule has 0 fully saturated rings. The average molecular weight is 211 g/mol. The van der Waals surface area contributed by atoms with Crippen LogP contribution < -0.4 is 19.9 Å². The van der Waals surface area contributed by atoms with Crippen LogP contribution in [0.4, 0.5) is 0 Å². The van der Waals surface area contributed by atoms with Crippen LogP contribution >= 0.6 is 0 Å². The molecule has 0 saturated carbocycles.